The van der Waals surface area contributed by atoms with Crippen molar-refractivity contribution in [2.75, 3.05) is 25.9 Å². The van der Waals surface area contributed by atoms with Crippen LogP contribution in [-0.2, 0) is 9.84 Å². The van der Waals surface area contributed by atoms with Crippen LogP contribution in [0.25, 0.3) is 21.5 Å². The molecule has 0 aromatic heterocycles. The zero-order chi connectivity index (χ0) is 23.5. The number of aliphatic hydroxyl groups is 1. The van der Waals surface area contributed by atoms with Crippen molar-refractivity contribution in [1.82, 2.24) is 4.90 Å². The number of halogens is 2. The standard InChI is InChI=1S/C25H31Cl2NO3S/c1-4-6-10-28(11-7-5-2)16-25(29)22-13-17-12-18(32(3,30)31)8-9-19(17)20-14-23(26)24(27)15-21(20)22/h8-9,12-15,25,29H,4-7,10-11,16H2,1-3H3. The Morgan fingerprint density at radius 2 is 1.50 bits per heavy atom. The summed E-state index contributed by atoms with van der Waals surface area (Å²) in [5.74, 6) is 0. The number of hydrogen-bond donors (Lipinski definition) is 1. The maximum Gasteiger partial charge on any atom is 0.175 e. The van der Waals surface area contributed by atoms with Crippen LogP contribution in [0.5, 0.6) is 0 Å². The first kappa shape index (κ1) is 25.3. The number of rotatable bonds is 10. The largest absolute Gasteiger partial charge is 0.387 e. The van der Waals surface area contributed by atoms with Crippen molar-refractivity contribution < 1.29 is 13.5 Å². The first-order valence-electron chi connectivity index (χ1n) is 11.1. The molecule has 174 valence electrons. The first-order valence-corrected chi connectivity index (χ1v) is 13.8. The molecule has 0 saturated heterocycles. The highest BCUT2D eigenvalue weighted by Crippen LogP contribution is 2.38. The van der Waals surface area contributed by atoms with Gasteiger partial charge in [-0.3, -0.25) is 0 Å². The van der Waals surface area contributed by atoms with Crippen molar-refractivity contribution in [1.29, 1.82) is 0 Å². The highest BCUT2D eigenvalue weighted by atomic mass is 35.5. The quantitative estimate of drug-likeness (QED) is 0.320. The molecule has 0 radical (unpaired) electrons. The molecule has 0 heterocycles. The van der Waals surface area contributed by atoms with E-state index < -0.39 is 15.9 Å². The zero-order valence-electron chi connectivity index (χ0n) is 18.9. The number of nitrogens with zero attached hydrogens (tertiary/aromatic N) is 1. The molecule has 4 nitrogen and oxygen atoms in total. The fourth-order valence-electron chi connectivity index (χ4n) is 4.07. The minimum atomic E-state index is -3.35. The van der Waals surface area contributed by atoms with Gasteiger partial charge in [0, 0.05) is 12.8 Å². The summed E-state index contributed by atoms with van der Waals surface area (Å²) in [4.78, 5) is 2.55. The summed E-state index contributed by atoms with van der Waals surface area (Å²) in [5, 5.41) is 15.4. The van der Waals surface area contributed by atoms with Gasteiger partial charge in [-0.05, 0) is 83.4 Å². The Morgan fingerprint density at radius 3 is 2.06 bits per heavy atom. The van der Waals surface area contributed by atoms with E-state index >= 15 is 0 Å². The van der Waals surface area contributed by atoms with E-state index in [4.69, 9.17) is 23.2 Å². The highest BCUT2D eigenvalue weighted by molar-refractivity contribution is 7.90. The molecule has 0 fully saturated rings. The lowest BCUT2D eigenvalue weighted by Gasteiger charge is -2.26. The van der Waals surface area contributed by atoms with Gasteiger partial charge in [-0.2, -0.15) is 0 Å². The Morgan fingerprint density at radius 1 is 0.906 bits per heavy atom. The van der Waals surface area contributed by atoms with E-state index in [9.17, 15) is 13.5 Å². The van der Waals surface area contributed by atoms with Gasteiger partial charge >= 0.3 is 0 Å². The van der Waals surface area contributed by atoms with E-state index in [1.54, 1.807) is 30.3 Å². The Bertz CT molecular complexity index is 1200. The maximum atomic E-state index is 12.1. The van der Waals surface area contributed by atoms with Gasteiger partial charge in [-0.25, -0.2) is 8.42 Å². The van der Waals surface area contributed by atoms with E-state index in [0.717, 1.165) is 65.9 Å². The van der Waals surface area contributed by atoms with Gasteiger partial charge in [0.1, 0.15) is 0 Å². The normalized spacial score (nSPS) is 13.3. The summed E-state index contributed by atoms with van der Waals surface area (Å²) in [6.07, 6.45) is 4.80. The molecule has 7 heteroatoms. The molecule has 3 rings (SSSR count). The molecule has 0 spiro atoms. The number of fused-ring (bicyclic) bond motifs is 3. The third-order valence-electron chi connectivity index (χ3n) is 5.87. The fourth-order valence-corrected chi connectivity index (χ4v) is 5.05. The number of sulfone groups is 1. The molecule has 32 heavy (non-hydrogen) atoms. The number of unbranched alkanes of at least 4 members (excludes halogenated alkanes) is 2. The molecule has 0 aliphatic heterocycles. The van der Waals surface area contributed by atoms with Crippen molar-refractivity contribution in [2.24, 2.45) is 0 Å². The van der Waals surface area contributed by atoms with Crippen LogP contribution >= 0.6 is 23.2 Å². The van der Waals surface area contributed by atoms with Crippen LogP contribution in [0.3, 0.4) is 0 Å². The summed E-state index contributed by atoms with van der Waals surface area (Å²) in [5.41, 5.74) is 0.731. The van der Waals surface area contributed by atoms with Crippen molar-refractivity contribution in [3.05, 3.63) is 52.0 Å². The molecular formula is C25H31Cl2NO3S. The smallest absolute Gasteiger partial charge is 0.175 e. The SMILES string of the molecule is CCCCN(CCCC)CC(O)c1cc2cc(S(C)(=O)=O)ccc2c2cc(Cl)c(Cl)cc12. The van der Waals surface area contributed by atoms with E-state index in [1.807, 2.05) is 6.07 Å². The molecule has 0 saturated carbocycles. The van der Waals surface area contributed by atoms with Crippen LogP contribution in [-0.4, -0.2) is 44.3 Å². The number of hydrogen-bond acceptors (Lipinski definition) is 4. The van der Waals surface area contributed by atoms with E-state index in [1.165, 1.54) is 6.26 Å². The van der Waals surface area contributed by atoms with Crippen LogP contribution in [0.2, 0.25) is 10.0 Å². The molecule has 3 aromatic rings. The van der Waals surface area contributed by atoms with Crippen LogP contribution in [0.1, 0.15) is 51.2 Å². The zero-order valence-corrected chi connectivity index (χ0v) is 21.2. The molecule has 0 aliphatic rings. The van der Waals surface area contributed by atoms with Crippen molar-refractivity contribution in [3.63, 3.8) is 0 Å². The molecule has 0 aliphatic carbocycles. The van der Waals surface area contributed by atoms with Gasteiger partial charge in [-0.15, -0.1) is 0 Å². The summed E-state index contributed by atoms with van der Waals surface area (Å²) in [6, 6.07) is 10.5. The van der Waals surface area contributed by atoms with Crippen LogP contribution in [0.4, 0.5) is 0 Å². The average Bonchev–Trinajstić information content (AvgIpc) is 2.74. The van der Waals surface area contributed by atoms with Crippen molar-refractivity contribution in [3.8, 4) is 0 Å². The van der Waals surface area contributed by atoms with Gasteiger partial charge in [0.05, 0.1) is 21.0 Å². The molecule has 1 atom stereocenters. The summed E-state index contributed by atoms with van der Waals surface area (Å²) in [6.45, 7) is 6.70. The lowest BCUT2D eigenvalue weighted by atomic mass is 9.94. The molecule has 3 aromatic carbocycles. The van der Waals surface area contributed by atoms with Gasteiger partial charge in [0.25, 0.3) is 0 Å². The molecule has 1 unspecified atom stereocenters. The van der Waals surface area contributed by atoms with Crippen LogP contribution < -0.4 is 0 Å². The van der Waals surface area contributed by atoms with Crippen molar-refractivity contribution >= 4 is 54.6 Å². The first-order chi connectivity index (χ1) is 15.2. The molecule has 0 amide bonds. The Hall–Kier alpha value is -1.37. The maximum absolute atomic E-state index is 12.1. The van der Waals surface area contributed by atoms with Gasteiger partial charge in [0.15, 0.2) is 9.84 Å². The molecule has 1 N–H and O–H groups in total. The second-order valence-electron chi connectivity index (χ2n) is 8.46. The number of benzene rings is 3. The minimum absolute atomic E-state index is 0.248. The Kier molecular flexibility index (Phi) is 8.45. The van der Waals surface area contributed by atoms with Gasteiger partial charge in [-0.1, -0.05) is 56.0 Å². The van der Waals surface area contributed by atoms with E-state index in [0.29, 0.717) is 16.6 Å². The highest BCUT2D eigenvalue weighted by Gasteiger charge is 2.19. The molecular weight excluding hydrogens is 465 g/mol. The van der Waals surface area contributed by atoms with Gasteiger partial charge < -0.3 is 10.0 Å². The van der Waals surface area contributed by atoms with E-state index in [-0.39, 0.29) is 4.90 Å². The average molecular weight is 497 g/mol. The lowest BCUT2D eigenvalue weighted by molar-refractivity contribution is 0.112. The second-order valence-corrected chi connectivity index (χ2v) is 11.3. The lowest BCUT2D eigenvalue weighted by Crippen LogP contribution is -2.30. The Balaban J connectivity index is 2.14. The second kappa shape index (κ2) is 10.7. The minimum Gasteiger partial charge on any atom is -0.387 e. The fraction of sp³-hybridized carbons (Fsp3) is 0.440. The summed E-state index contributed by atoms with van der Waals surface area (Å²) < 4.78 is 24.2. The number of aliphatic hydroxyl groups excluding tert-OH is 1. The third-order valence-corrected chi connectivity index (χ3v) is 7.70. The third kappa shape index (κ3) is 5.75. The molecule has 0 bridgehead atoms. The topological polar surface area (TPSA) is 57.6 Å². The Labute approximate surface area is 201 Å². The monoisotopic (exact) mass is 495 g/mol. The van der Waals surface area contributed by atoms with E-state index in [2.05, 4.69) is 18.7 Å². The van der Waals surface area contributed by atoms with Crippen molar-refractivity contribution in [2.45, 2.75) is 50.5 Å². The summed E-state index contributed by atoms with van der Waals surface area (Å²) in [7, 11) is -3.35. The predicted octanol–water partition coefficient (Wildman–Crippen LogP) is 6.64. The summed E-state index contributed by atoms with van der Waals surface area (Å²) >= 11 is 12.7. The predicted molar refractivity (Wildman–Crippen MR) is 136 cm³/mol. The van der Waals surface area contributed by atoms with Crippen LogP contribution in [0, 0.1) is 0 Å². The van der Waals surface area contributed by atoms with Crippen LogP contribution in [0.15, 0.2) is 41.3 Å². The van der Waals surface area contributed by atoms with Gasteiger partial charge in [0.2, 0.25) is 0 Å².